The van der Waals surface area contributed by atoms with Crippen LogP contribution in [0.5, 0.6) is 5.75 Å². The van der Waals surface area contributed by atoms with E-state index in [1.54, 1.807) is 12.3 Å². The van der Waals surface area contributed by atoms with Gasteiger partial charge in [0.2, 0.25) is 10.0 Å². The fourth-order valence-electron chi connectivity index (χ4n) is 3.00. The highest BCUT2D eigenvalue weighted by atomic mass is 32.2. The maximum atomic E-state index is 12.7. The summed E-state index contributed by atoms with van der Waals surface area (Å²) in [6.07, 6.45) is 1.84. The van der Waals surface area contributed by atoms with E-state index in [1.165, 1.54) is 18.2 Å². The SMILES string of the molecule is O=CC(CC(=O)O)NS(=O)(=O)c1ccccc1OCCc1ccnc2ccccc12. The number of ether oxygens (including phenoxy) is 1. The predicted molar refractivity (Wildman–Crippen MR) is 110 cm³/mol. The average Bonchev–Trinajstić information content (AvgIpc) is 2.73. The summed E-state index contributed by atoms with van der Waals surface area (Å²) in [4.78, 5) is 26.0. The summed E-state index contributed by atoms with van der Waals surface area (Å²) in [7, 11) is -4.16. The first-order chi connectivity index (χ1) is 14.4. The van der Waals surface area contributed by atoms with Gasteiger partial charge < -0.3 is 14.6 Å². The first kappa shape index (κ1) is 21.4. The molecule has 1 heterocycles. The van der Waals surface area contributed by atoms with Crippen LogP contribution in [0.2, 0.25) is 0 Å². The number of carboxylic acids is 1. The van der Waals surface area contributed by atoms with Crippen LogP contribution in [0.25, 0.3) is 10.9 Å². The van der Waals surface area contributed by atoms with Gasteiger partial charge in [0.25, 0.3) is 0 Å². The molecular formula is C21H20N2O6S. The Hall–Kier alpha value is -3.30. The maximum absolute atomic E-state index is 12.7. The molecule has 0 aliphatic rings. The lowest BCUT2D eigenvalue weighted by Gasteiger charge is -2.15. The summed E-state index contributed by atoms with van der Waals surface area (Å²) >= 11 is 0. The average molecular weight is 428 g/mol. The van der Waals surface area contributed by atoms with E-state index in [-0.39, 0.29) is 23.5 Å². The summed E-state index contributed by atoms with van der Waals surface area (Å²) in [6.45, 7) is 0.215. The van der Waals surface area contributed by atoms with Gasteiger partial charge in [-0.3, -0.25) is 9.78 Å². The Morgan fingerprint density at radius 1 is 1.13 bits per heavy atom. The van der Waals surface area contributed by atoms with Gasteiger partial charge in [-0.05, 0) is 29.8 Å². The normalized spacial score (nSPS) is 12.4. The van der Waals surface area contributed by atoms with Crippen molar-refractivity contribution < 1.29 is 27.9 Å². The standard InChI is InChI=1S/C21H20N2O6S/c24-14-16(13-21(25)26)23-30(27,28)20-8-4-3-7-19(20)29-12-10-15-9-11-22-18-6-2-1-5-17(15)18/h1-9,11,14,16,23H,10,12-13H2,(H,25,26). The van der Waals surface area contributed by atoms with Crippen LogP contribution in [0.15, 0.2) is 65.7 Å². The third-order valence-corrected chi connectivity index (χ3v) is 5.90. The molecule has 1 atom stereocenters. The largest absolute Gasteiger partial charge is 0.492 e. The fraction of sp³-hybridized carbons (Fsp3) is 0.190. The molecule has 1 unspecified atom stereocenters. The van der Waals surface area contributed by atoms with Gasteiger partial charge in [-0.2, -0.15) is 0 Å². The van der Waals surface area contributed by atoms with Gasteiger partial charge in [0.15, 0.2) is 0 Å². The van der Waals surface area contributed by atoms with E-state index >= 15 is 0 Å². The number of carbonyl (C=O) groups excluding carboxylic acids is 1. The molecule has 2 aromatic carbocycles. The molecule has 3 rings (SSSR count). The van der Waals surface area contributed by atoms with Gasteiger partial charge in [-0.1, -0.05) is 30.3 Å². The number of aliphatic carboxylic acids is 1. The first-order valence-corrected chi connectivity index (χ1v) is 10.6. The highest BCUT2D eigenvalue weighted by molar-refractivity contribution is 7.89. The first-order valence-electron chi connectivity index (χ1n) is 9.14. The number of pyridine rings is 1. The molecule has 9 heteroatoms. The van der Waals surface area contributed by atoms with Crippen molar-refractivity contribution in [3.63, 3.8) is 0 Å². The zero-order valence-electron chi connectivity index (χ0n) is 15.9. The van der Waals surface area contributed by atoms with Gasteiger partial charge in [-0.15, -0.1) is 0 Å². The lowest BCUT2D eigenvalue weighted by molar-refractivity contribution is -0.138. The monoisotopic (exact) mass is 428 g/mol. The minimum Gasteiger partial charge on any atom is -0.492 e. The number of para-hydroxylation sites is 2. The number of hydrogen-bond acceptors (Lipinski definition) is 6. The van der Waals surface area contributed by atoms with Crippen LogP contribution < -0.4 is 9.46 Å². The smallest absolute Gasteiger partial charge is 0.305 e. The lowest BCUT2D eigenvalue weighted by Crippen LogP contribution is -2.37. The third kappa shape index (κ3) is 5.19. The fourth-order valence-corrected chi connectivity index (χ4v) is 4.32. The lowest BCUT2D eigenvalue weighted by atomic mass is 10.1. The van der Waals surface area contributed by atoms with E-state index in [9.17, 15) is 18.0 Å². The van der Waals surface area contributed by atoms with Crippen LogP contribution in [-0.2, 0) is 26.0 Å². The van der Waals surface area contributed by atoms with E-state index in [0.717, 1.165) is 16.5 Å². The van der Waals surface area contributed by atoms with Gasteiger partial charge in [0.05, 0.1) is 24.6 Å². The Labute approximate surface area is 173 Å². The van der Waals surface area contributed by atoms with Crippen LogP contribution in [-0.4, -0.2) is 43.4 Å². The van der Waals surface area contributed by atoms with E-state index in [4.69, 9.17) is 9.84 Å². The van der Waals surface area contributed by atoms with E-state index in [1.807, 2.05) is 30.3 Å². The number of hydrogen-bond donors (Lipinski definition) is 2. The Balaban J connectivity index is 1.75. The van der Waals surface area contributed by atoms with Gasteiger partial charge >= 0.3 is 5.97 Å². The molecule has 0 amide bonds. The summed E-state index contributed by atoms with van der Waals surface area (Å²) in [6, 6.07) is 14.2. The predicted octanol–water partition coefficient (Wildman–Crippen LogP) is 2.18. The van der Waals surface area contributed by atoms with Gasteiger partial charge in [0.1, 0.15) is 16.9 Å². The van der Waals surface area contributed by atoms with Crippen molar-refractivity contribution in [2.24, 2.45) is 0 Å². The number of aldehydes is 1. The molecule has 30 heavy (non-hydrogen) atoms. The molecule has 0 spiro atoms. The number of carboxylic acid groups (broad SMARTS) is 1. The van der Waals surface area contributed by atoms with Crippen molar-refractivity contribution >= 4 is 33.2 Å². The van der Waals surface area contributed by atoms with Crippen LogP contribution in [0.1, 0.15) is 12.0 Å². The minimum atomic E-state index is -4.16. The number of benzene rings is 2. The highest BCUT2D eigenvalue weighted by Crippen LogP contribution is 2.24. The van der Waals surface area contributed by atoms with Crippen LogP contribution in [0.4, 0.5) is 0 Å². The number of carbonyl (C=O) groups is 2. The quantitative estimate of drug-likeness (QED) is 0.475. The zero-order chi connectivity index (χ0) is 21.6. The minimum absolute atomic E-state index is 0.114. The molecule has 0 saturated carbocycles. The van der Waals surface area contributed by atoms with Gasteiger partial charge in [0, 0.05) is 18.0 Å². The molecule has 156 valence electrons. The third-order valence-electron chi connectivity index (χ3n) is 4.37. The Kier molecular flexibility index (Phi) is 6.76. The maximum Gasteiger partial charge on any atom is 0.305 e. The molecule has 0 saturated heterocycles. The van der Waals surface area contributed by atoms with Crippen LogP contribution in [0.3, 0.4) is 0 Å². The zero-order valence-corrected chi connectivity index (χ0v) is 16.7. The number of nitrogens with one attached hydrogen (secondary N) is 1. The highest BCUT2D eigenvalue weighted by Gasteiger charge is 2.24. The topological polar surface area (TPSA) is 123 Å². The Morgan fingerprint density at radius 3 is 2.63 bits per heavy atom. The Bertz CT molecular complexity index is 1160. The number of nitrogens with zero attached hydrogens (tertiary/aromatic N) is 1. The molecule has 0 aliphatic carbocycles. The van der Waals surface area contributed by atoms with Crippen molar-refractivity contribution in [2.45, 2.75) is 23.8 Å². The number of aromatic nitrogens is 1. The molecule has 2 N–H and O–H groups in total. The van der Waals surface area contributed by atoms with Crippen molar-refractivity contribution in [1.82, 2.24) is 9.71 Å². The molecule has 8 nitrogen and oxygen atoms in total. The van der Waals surface area contributed by atoms with Crippen LogP contribution in [0, 0.1) is 0 Å². The van der Waals surface area contributed by atoms with Crippen molar-refractivity contribution in [3.8, 4) is 5.75 Å². The summed E-state index contributed by atoms with van der Waals surface area (Å²) in [5.74, 6) is -1.17. The van der Waals surface area contributed by atoms with E-state index in [2.05, 4.69) is 9.71 Å². The molecule has 0 bridgehead atoms. The molecule has 0 radical (unpaired) electrons. The van der Waals surface area contributed by atoms with Crippen molar-refractivity contribution in [2.75, 3.05) is 6.61 Å². The molecule has 3 aromatic rings. The van der Waals surface area contributed by atoms with Crippen molar-refractivity contribution in [1.29, 1.82) is 0 Å². The van der Waals surface area contributed by atoms with E-state index in [0.29, 0.717) is 6.42 Å². The summed E-state index contributed by atoms with van der Waals surface area (Å²) < 4.78 is 33.1. The molecular weight excluding hydrogens is 408 g/mol. The van der Waals surface area contributed by atoms with E-state index < -0.39 is 28.5 Å². The molecule has 0 fully saturated rings. The Morgan fingerprint density at radius 2 is 1.87 bits per heavy atom. The second-order valence-corrected chi connectivity index (χ2v) is 8.18. The molecule has 1 aromatic heterocycles. The summed E-state index contributed by atoms with van der Waals surface area (Å²) in [5.41, 5.74) is 1.88. The van der Waals surface area contributed by atoms with Gasteiger partial charge in [-0.25, -0.2) is 13.1 Å². The summed E-state index contributed by atoms with van der Waals surface area (Å²) in [5, 5.41) is 9.81. The van der Waals surface area contributed by atoms with Crippen molar-refractivity contribution in [3.05, 3.63) is 66.4 Å². The second kappa shape index (κ2) is 9.47. The number of sulfonamides is 1. The number of fused-ring (bicyclic) bond motifs is 1. The molecule has 0 aliphatic heterocycles. The second-order valence-electron chi connectivity index (χ2n) is 6.49. The van der Waals surface area contributed by atoms with Crippen LogP contribution >= 0.6 is 0 Å². The number of rotatable bonds is 10.